The zero-order valence-corrected chi connectivity index (χ0v) is 14.9. The molecule has 27 heavy (non-hydrogen) atoms. The average Bonchev–Trinajstić information content (AvgIpc) is 3.22. The van der Waals surface area contributed by atoms with E-state index in [-0.39, 0.29) is 11.7 Å². The maximum absolute atomic E-state index is 12.5. The van der Waals surface area contributed by atoms with Crippen LogP contribution in [0.3, 0.4) is 0 Å². The highest BCUT2D eigenvalue weighted by Gasteiger charge is 2.26. The van der Waals surface area contributed by atoms with Gasteiger partial charge in [-0.1, -0.05) is 5.16 Å². The topological polar surface area (TPSA) is 97.9 Å². The lowest BCUT2D eigenvalue weighted by Gasteiger charge is -2.32. The van der Waals surface area contributed by atoms with Crippen LogP contribution in [0.5, 0.6) is 0 Å². The molecule has 138 valence electrons. The Kier molecular flexibility index (Phi) is 5.13. The van der Waals surface area contributed by atoms with E-state index < -0.39 is 0 Å². The molecule has 8 heteroatoms. The van der Waals surface area contributed by atoms with Crippen LogP contribution in [0.25, 0.3) is 11.5 Å². The predicted octanol–water partition coefficient (Wildman–Crippen LogP) is 2.41. The predicted molar refractivity (Wildman–Crippen MR) is 96.5 cm³/mol. The number of pyridine rings is 1. The van der Waals surface area contributed by atoms with Crippen LogP contribution < -0.4 is 0 Å². The highest BCUT2D eigenvalue weighted by molar-refractivity contribution is 5.90. The van der Waals surface area contributed by atoms with Gasteiger partial charge in [0.1, 0.15) is 0 Å². The van der Waals surface area contributed by atoms with Crippen molar-refractivity contribution < 1.29 is 9.32 Å². The van der Waals surface area contributed by atoms with Gasteiger partial charge in [-0.25, -0.2) is 9.97 Å². The van der Waals surface area contributed by atoms with Gasteiger partial charge in [-0.15, -0.1) is 0 Å². The van der Waals surface area contributed by atoms with Gasteiger partial charge in [-0.2, -0.15) is 4.98 Å². The SMILES string of the molecule is O=C(c1ncccn1)N1CCCC(CCc2noc(-c3ccncc3)n2)C1. The number of amides is 1. The number of piperidine rings is 1. The maximum Gasteiger partial charge on any atom is 0.291 e. The molecule has 1 aliphatic rings. The molecule has 4 rings (SSSR count). The van der Waals surface area contributed by atoms with Gasteiger partial charge in [-0.05, 0) is 43.4 Å². The minimum atomic E-state index is -0.0974. The molecule has 8 nitrogen and oxygen atoms in total. The molecule has 0 saturated carbocycles. The molecule has 4 heterocycles. The van der Waals surface area contributed by atoms with Gasteiger partial charge in [-0.3, -0.25) is 9.78 Å². The van der Waals surface area contributed by atoms with Crippen LogP contribution in [0.15, 0.2) is 47.5 Å². The van der Waals surface area contributed by atoms with Crippen LogP contribution in [0.1, 0.15) is 35.7 Å². The van der Waals surface area contributed by atoms with Crippen LogP contribution in [-0.2, 0) is 6.42 Å². The molecular weight excluding hydrogens is 344 g/mol. The summed E-state index contributed by atoms with van der Waals surface area (Å²) in [4.78, 5) is 31.0. The largest absolute Gasteiger partial charge is 0.336 e. The Morgan fingerprint density at radius 2 is 2.00 bits per heavy atom. The van der Waals surface area contributed by atoms with E-state index in [1.54, 1.807) is 30.9 Å². The van der Waals surface area contributed by atoms with E-state index >= 15 is 0 Å². The molecule has 1 amide bonds. The van der Waals surface area contributed by atoms with Crippen molar-refractivity contribution in [2.24, 2.45) is 5.92 Å². The van der Waals surface area contributed by atoms with Crippen LogP contribution in [0.2, 0.25) is 0 Å². The summed E-state index contributed by atoms with van der Waals surface area (Å²) in [6, 6.07) is 5.39. The Morgan fingerprint density at radius 1 is 1.19 bits per heavy atom. The highest BCUT2D eigenvalue weighted by Crippen LogP contribution is 2.23. The Hall–Kier alpha value is -3.16. The van der Waals surface area contributed by atoms with Gasteiger partial charge >= 0.3 is 0 Å². The van der Waals surface area contributed by atoms with E-state index in [0.29, 0.717) is 24.2 Å². The van der Waals surface area contributed by atoms with Crippen molar-refractivity contribution in [3.63, 3.8) is 0 Å². The van der Waals surface area contributed by atoms with Crippen molar-refractivity contribution in [3.8, 4) is 11.5 Å². The summed E-state index contributed by atoms with van der Waals surface area (Å²) in [5.74, 6) is 1.78. The molecule has 1 aliphatic heterocycles. The van der Waals surface area contributed by atoms with E-state index in [9.17, 15) is 4.79 Å². The fourth-order valence-corrected chi connectivity index (χ4v) is 3.34. The van der Waals surface area contributed by atoms with Gasteiger partial charge < -0.3 is 9.42 Å². The van der Waals surface area contributed by atoms with Gasteiger partial charge in [0.25, 0.3) is 11.8 Å². The first-order valence-corrected chi connectivity index (χ1v) is 9.09. The Balaban J connectivity index is 1.34. The fourth-order valence-electron chi connectivity index (χ4n) is 3.34. The van der Waals surface area contributed by atoms with Gasteiger partial charge in [0.2, 0.25) is 5.82 Å². The smallest absolute Gasteiger partial charge is 0.291 e. The first kappa shape index (κ1) is 17.3. The molecule has 1 saturated heterocycles. The normalized spacial score (nSPS) is 17.0. The number of hydrogen-bond donors (Lipinski definition) is 0. The zero-order chi connectivity index (χ0) is 18.5. The van der Waals surface area contributed by atoms with Crippen LogP contribution in [0.4, 0.5) is 0 Å². The molecule has 1 fully saturated rings. The van der Waals surface area contributed by atoms with Gasteiger partial charge in [0, 0.05) is 49.9 Å². The van der Waals surface area contributed by atoms with Crippen molar-refractivity contribution >= 4 is 5.91 Å². The Morgan fingerprint density at radius 3 is 2.81 bits per heavy atom. The second-order valence-electron chi connectivity index (χ2n) is 6.62. The molecule has 0 N–H and O–H groups in total. The number of nitrogens with zero attached hydrogens (tertiary/aromatic N) is 6. The third-order valence-corrected chi connectivity index (χ3v) is 4.73. The van der Waals surface area contributed by atoms with Gasteiger partial charge in [0.15, 0.2) is 5.82 Å². The minimum absolute atomic E-state index is 0.0974. The minimum Gasteiger partial charge on any atom is -0.336 e. The fraction of sp³-hybridized carbons (Fsp3) is 0.368. The second-order valence-corrected chi connectivity index (χ2v) is 6.62. The van der Waals surface area contributed by atoms with Crippen LogP contribution >= 0.6 is 0 Å². The van der Waals surface area contributed by atoms with E-state index in [4.69, 9.17) is 4.52 Å². The molecule has 0 spiro atoms. The Bertz CT molecular complexity index is 883. The van der Waals surface area contributed by atoms with Crippen molar-refractivity contribution in [3.05, 3.63) is 54.6 Å². The van der Waals surface area contributed by atoms with Crippen molar-refractivity contribution in [2.45, 2.75) is 25.7 Å². The number of aryl methyl sites for hydroxylation is 1. The molecule has 0 radical (unpaired) electrons. The monoisotopic (exact) mass is 364 g/mol. The number of rotatable bonds is 5. The first-order chi connectivity index (χ1) is 13.3. The van der Waals surface area contributed by atoms with Crippen molar-refractivity contribution in [2.75, 3.05) is 13.1 Å². The second kappa shape index (κ2) is 8.03. The molecule has 3 aromatic heterocycles. The van der Waals surface area contributed by atoms with E-state index in [1.165, 1.54) is 0 Å². The van der Waals surface area contributed by atoms with E-state index in [2.05, 4.69) is 25.1 Å². The zero-order valence-electron chi connectivity index (χ0n) is 14.9. The lowest BCUT2D eigenvalue weighted by atomic mass is 9.93. The molecule has 0 aliphatic carbocycles. The lowest BCUT2D eigenvalue weighted by Crippen LogP contribution is -2.40. The number of hydrogen-bond acceptors (Lipinski definition) is 7. The van der Waals surface area contributed by atoms with Crippen LogP contribution in [-0.4, -0.2) is 49.0 Å². The molecular formula is C19H20N6O2. The third-order valence-electron chi connectivity index (χ3n) is 4.73. The number of carbonyl (C=O) groups is 1. The van der Waals surface area contributed by atoms with Crippen LogP contribution in [0, 0.1) is 5.92 Å². The summed E-state index contributed by atoms with van der Waals surface area (Å²) in [5, 5.41) is 4.07. The molecule has 0 aromatic carbocycles. The van der Waals surface area contributed by atoms with E-state index in [1.807, 2.05) is 17.0 Å². The standard InChI is InChI=1S/C19H20N6O2/c26-19(17-21-8-2-9-22-17)25-12-1-3-14(13-25)4-5-16-23-18(27-24-16)15-6-10-20-11-7-15/h2,6-11,14H,1,3-5,12-13H2. The van der Waals surface area contributed by atoms with Crippen molar-refractivity contribution in [1.29, 1.82) is 0 Å². The summed E-state index contributed by atoms with van der Waals surface area (Å²) >= 11 is 0. The third kappa shape index (κ3) is 4.16. The average molecular weight is 364 g/mol. The van der Waals surface area contributed by atoms with Gasteiger partial charge in [0.05, 0.1) is 0 Å². The first-order valence-electron chi connectivity index (χ1n) is 9.09. The quantitative estimate of drug-likeness (QED) is 0.685. The summed E-state index contributed by atoms with van der Waals surface area (Å²) in [6.07, 6.45) is 10.3. The molecule has 0 bridgehead atoms. The highest BCUT2D eigenvalue weighted by atomic mass is 16.5. The lowest BCUT2D eigenvalue weighted by molar-refractivity contribution is 0.0655. The number of likely N-dealkylation sites (tertiary alicyclic amines) is 1. The van der Waals surface area contributed by atoms with E-state index in [0.717, 1.165) is 37.8 Å². The molecule has 1 unspecified atom stereocenters. The number of aromatic nitrogens is 5. The summed E-state index contributed by atoms with van der Waals surface area (Å²) in [6.45, 7) is 1.47. The maximum atomic E-state index is 12.5. The summed E-state index contributed by atoms with van der Waals surface area (Å²) < 4.78 is 5.34. The Labute approximate surface area is 156 Å². The summed E-state index contributed by atoms with van der Waals surface area (Å²) in [7, 11) is 0. The van der Waals surface area contributed by atoms with Crippen molar-refractivity contribution in [1.82, 2.24) is 30.0 Å². The molecule has 3 aromatic rings. The molecule has 1 atom stereocenters. The number of carbonyl (C=O) groups excluding carboxylic acids is 1. The summed E-state index contributed by atoms with van der Waals surface area (Å²) in [5.41, 5.74) is 0.862.